The van der Waals surface area contributed by atoms with Crippen molar-refractivity contribution in [1.29, 1.82) is 0 Å². The summed E-state index contributed by atoms with van der Waals surface area (Å²) >= 11 is 3.49. The first-order valence-corrected chi connectivity index (χ1v) is 7.48. The molecule has 0 saturated heterocycles. The Morgan fingerprint density at radius 2 is 1.76 bits per heavy atom. The van der Waals surface area contributed by atoms with Crippen molar-refractivity contribution in [2.45, 2.75) is 6.42 Å². The summed E-state index contributed by atoms with van der Waals surface area (Å²) in [5.74, 6) is 1.24. The lowest BCUT2D eigenvalue weighted by molar-refractivity contribution is 0.381. The largest absolute Gasteiger partial charge is 0.385 e. The zero-order chi connectivity index (χ0) is 14.5. The highest BCUT2D eigenvalue weighted by molar-refractivity contribution is 9.10. The van der Waals surface area contributed by atoms with Crippen molar-refractivity contribution >= 4 is 21.6 Å². The number of anilines is 1. The molecule has 0 saturated carbocycles. The van der Waals surface area contributed by atoms with E-state index >= 15 is 0 Å². The topological polar surface area (TPSA) is 51.0 Å². The monoisotopic (exact) mass is 343 g/mol. The number of rotatable bonds is 5. The summed E-state index contributed by atoms with van der Waals surface area (Å²) in [6.07, 6.45) is 0.687. The Balaban J connectivity index is 1.62. The zero-order valence-corrected chi connectivity index (χ0v) is 12.9. The predicted octanol–water partition coefficient (Wildman–Crippen LogP) is 4.15. The van der Waals surface area contributed by atoms with Gasteiger partial charge < -0.3 is 9.84 Å². The van der Waals surface area contributed by atoms with E-state index in [-0.39, 0.29) is 0 Å². The van der Waals surface area contributed by atoms with Crippen LogP contribution in [0.5, 0.6) is 0 Å². The number of nitrogens with zero attached hydrogens (tertiary/aromatic N) is 2. The van der Waals surface area contributed by atoms with Gasteiger partial charge in [0.2, 0.25) is 11.7 Å². The maximum Gasteiger partial charge on any atom is 0.228 e. The first kappa shape index (κ1) is 13.8. The Labute approximate surface area is 131 Å². The minimum absolute atomic E-state index is 0.609. The maximum absolute atomic E-state index is 5.29. The number of hydrogen-bond acceptors (Lipinski definition) is 4. The quantitative estimate of drug-likeness (QED) is 0.755. The van der Waals surface area contributed by atoms with E-state index in [1.165, 1.54) is 0 Å². The lowest BCUT2D eigenvalue weighted by Crippen LogP contribution is -2.04. The summed E-state index contributed by atoms with van der Waals surface area (Å²) < 4.78 is 6.25. The molecule has 0 atom stereocenters. The SMILES string of the molecule is Brc1ccccc1-c1noc(CCNc2ccccc2)n1. The van der Waals surface area contributed by atoms with Gasteiger partial charge in [0.25, 0.3) is 0 Å². The molecule has 0 unspecified atom stereocenters. The molecule has 4 nitrogen and oxygen atoms in total. The lowest BCUT2D eigenvalue weighted by Gasteiger charge is -2.02. The van der Waals surface area contributed by atoms with Crippen LogP contribution in [0.15, 0.2) is 63.6 Å². The molecule has 21 heavy (non-hydrogen) atoms. The highest BCUT2D eigenvalue weighted by atomic mass is 79.9. The van der Waals surface area contributed by atoms with Gasteiger partial charge >= 0.3 is 0 Å². The van der Waals surface area contributed by atoms with Gasteiger partial charge in [-0.15, -0.1) is 0 Å². The van der Waals surface area contributed by atoms with Gasteiger partial charge in [0.05, 0.1) is 0 Å². The molecule has 2 aromatic carbocycles. The summed E-state index contributed by atoms with van der Waals surface area (Å²) in [7, 11) is 0. The third-order valence-electron chi connectivity index (χ3n) is 3.02. The number of halogens is 1. The molecular weight excluding hydrogens is 330 g/mol. The van der Waals surface area contributed by atoms with Crippen LogP contribution in [0.1, 0.15) is 5.89 Å². The molecule has 0 aliphatic heterocycles. The molecular formula is C16H14BrN3O. The van der Waals surface area contributed by atoms with E-state index in [4.69, 9.17) is 4.52 Å². The van der Waals surface area contributed by atoms with Crippen molar-refractivity contribution in [3.8, 4) is 11.4 Å². The van der Waals surface area contributed by atoms with Crippen LogP contribution in [0.4, 0.5) is 5.69 Å². The van der Waals surface area contributed by atoms with Gasteiger partial charge in [-0.05, 0) is 24.3 Å². The Kier molecular flexibility index (Phi) is 4.31. The van der Waals surface area contributed by atoms with E-state index in [9.17, 15) is 0 Å². The second-order valence-electron chi connectivity index (χ2n) is 4.53. The van der Waals surface area contributed by atoms with E-state index in [0.717, 1.165) is 22.3 Å². The molecule has 0 aliphatic carbocycles. The molecule has 0 spiro atoms. The van der Waals surface area contributed by atoms with Crippen LogP contribution in [0.3, 0.4) is 0 Å². The molecule has 1 aromatic heterocycles. The van der Waals surface area contributed by atoms with E-state index in [1.54, 1.807) is 0 Å². The number of nitrogens with one attached hydrogen (secondary N) is 1. The van der Waals surface area contributed by atoms with Crippen LogP contribution in [0, 0.1) is 0 Å². The molecule has 3 rings (SSSR count). The molecule has 0 bridgehead atoms. The number of hydrogen-bond donors (Lipinski definition) is 1. The fourth-order valence-corrected chi connectivity index (χ4v) is 2.44. The van der Waals surface area contributed by atoms with Crippen molar-refractivity contribution in [2.75, 3.05) is 11.9 Å². The molecule has 1 N–H and O–H groups in total. The summed E-state index contributed by atoms with van der Waals surface area (Å²) in [5, 5.41) is 7.35. The van der Waals surface area contributed by atoms with Crippen LogP contribution in [0.2, 0.25) is 0 Å². The minimum atomic E-state index is 0.609. The van der Waals surface area contributed by atoms with Crippen LogP contribution >= 0.6 is 15.9 Å². The van der Waals surface area contributed by atoms with E-state index < -0.39 is 0 Å². The third kappa shape index (κ3) is 3.49. The second kappa shape index (κ2) is 6.54. The van der Waals surface area contributed by atoms with Crippen molar-refractivity contribution in [3.05, 3.63) is 65.0 Å². The Hall–Kier alpha value is -2.14. The van der Waals surface area contributed by atoms with Crippen LogP contribution < -0.4 is 5.32 Å². The highest BCUT2D eigenvalue weighted by Crippen LogP contribution is 2.25. The standard InChI is InChI=1S/C16H14BrN3O/c17-14-9-5-4-8-13(14)16-19-15(21-20-16)10-11-18-12-6-2-1-3-7-12/h1-9,18H,10-11H2. The molecule has 0 radical (unpaired) electrons. The first-order chi connectivity index (χ1) is 10.3. The summed E-state index contributed by atoms with van der Waals surface area (Å²) in [6, 6.07) is 17.9. The predicted molar refractivity (Wildman–Crippen MR) is 86.1 cm³/mol. The normalized spacial score (nSPS) is 10.5. The van der Waals surface area contributed by atoms with Gasteiger partial charge in [-0.3, -0.25) is 0 Å². The van der Waals surface area contributed by atoms with Crippen LogP contribution in [-0.2, 0) is 6.42 Å². The van der Waals surface area contributed by atoms with E-state index in [0.29, 0.717) is 18.1 Å². The summed E-state index contributed by atoms with van der Waals surface area (Å²) in [6.45, 7) is 0.752. The van der Waals surface area contributed by atoms with Crippen molar-refractivity contribution < 1.29 is 4.52 Å². The smallest absolute Gasteiger partial charge is 0.228 e. The maximum atomic E-state index is 5.29. The number of para-hydroxylation sites is 1. The average molecular weight is 344 g/mol. The first-order valence-electron chi connectivity index (χ1n) is 6.69. The molecule has 106 valence electrons. The van der Waals surface area contributed by atoms with Gasteiger partial charge in [-0.1, -0.05) is 51.4 Å². The van der Waals surface area contributed by atoms with Crippen LogP contribution in [-0.4, -0.2) is 16.7 Å². The number of aromatic nitrogens is 2. The lowest BCUT2D eigenvalue weighted by atomic mass is 10.2. The Bertz CT molecular complexity index is 712. The second-order valence-corrected chi connectivity index (χ2v) is 5.39. The molecule has 5 heteroatoms. The van der Waals surface area contributed by atoms with Gasteiger partial charge in [0.15, 0.2) is 0 Å². The zero-order valence-electron chi connectivity index (χ0n) is 11.3. The fraction of sp³-hybridized carbons (Fsp3) is 0.125. The molecule has 0 fully saturated rings. The minimum Gasteiger partial charge on any atom is -0.385 e. The molecule has 3 aromatic rings. The van der Waals surface area contributed by atoms with E-state index in [1.807, 2.05) is 54.6 Å². The fourth-order valence-electron chi connectivity index (χ4n) is 1.98. The van der Waals surface area contributed by atoms with Gasteiger partial charge in [-0.2, -0.15) is 4.98 Å². The van der Waals surface area contributed by atoms with Gasteiger partial charge in [0, 0.05) is 28.7 Å². The number of benzene rings is 2. The third-order valence-corrected chi connectivity index (χ3v) is 3.72. The Morgan fingerprint density at radius 1 is 1.00 bits per heavy atom. The van der Waals surface area contributed by atoms with Gasteiger partial charge in [0.1, 0.15) is 0 Å². The van der Waals surface area contributed by atoms with Crippen molar-refractivity contribution in [1.82, 2.24) is 10.1 Å². The van der Waals surface area contributed by atoms with Crippen LogP contribution in [0.25, 0.3) is 11.4 Å². The average Bonchev–Trinajstić information content (AvgIpc) is 2.97. The Morgan fingerprint density at radius 3 is 2.57 bits per heavy atom. The highest BCUT2D eigenvalue weighted by Gasteiger charge is 2.10. The summed E-state index contributed by atoms with van der Waals surface area (Å²) in [5.41, 5.74) is 2.02. The molecule has 0 amide bonds. The molecule has 1 heterocycles. The molecule has 0 aliphatic rings. The van der Waals surface area contributed by atoms with E-state index in [2.05, 4.69) is 31.4 Å². The summed E-state index contributed by atoms with van der Waals surface area (Å²) in [4.78, 5) is 4.42. The van der Waals surface area contributed by atoms with Crippen molar-refractivity contribution in [2.24, 2.45) is 0 Å². The van der Waals surface area contributed by atoms with Crippen molar-refractivity contribution in [3.63, 3.8) is 0 Å². The van der Waals surface area contributed by atoms with Gasteiger partial charge in [-0.25, -0.2) is 0 Å².